The van der Waals surface area contributed by atoms with Gasteiger partial charge in [-0.05, 0) is 51.5 Å². The van der Waals surface area contributed by atoms with Crippen molar-refractivity contribution in [3.8, 4) is 0 Å². The lowest BCUT2D eigenvalue weighted by atomic mass is 10.1. The fraction of sp³-hybridized carbons (Fsp3) is 0.530. The molecule has 23 N–H and O–H groups in total. The smallest absolute Gasteiger partial charge is 0.307 e. The van der Waals surface area contributed by atoms with Crippen molar-refractivity contribution in [2.75, 3.05) is 133 Å². The van der Waals surface area contributed by atoms with E-state index in [4.69, 9.17) is 45.9 Å². The van der Waals surface area contributed by atoms with Gasteiger partial charge in [0.25, 0.3) is 0 Å². The second-order valence-corrected chi connectivity index (χ2v) is 29.2. The highest BCUT2D eigenvalue weighted by Crippen LogP contribution is 2.35. The SMILES string of the molecule is NCCCC[C@H](N)C(=O)NC[C@H]1C[C@@H](n2cnc3c(N)ncnc32)CN1CC(=O)NC[C@H]1C[C@@H](n2cnc3c(N)ncnc32)CN1CC(=O)NC[C@H]1C[C@@H](n2cnc3c(N)ncnc32)CN1CC(=O)NC[C@H]1C[C@@H]([n+]2c[nH]c3c(N)ncnc32)CN1CC(=O)NC[C@H]1C[C@@H]([n+]2c[nH]c3c(N)ncnc32)CN1CC(N)=O. The molecule has 44 heteroatoms. The maximum atomic E-state index is 14.7. The first-order valence-corrected chi connectivity index (χ1v) is 36.8. The second-order valence-electron chi connectivity index (χ2n) is 29.2. The van der Waals surface area contributed by atoms with E-state index in [1.807, 2.05) is 47.3 Å². The molecule has 0 unspecified atom stereocenters. The van der Waals surface area contributed by atoms with Gasteiger partial charge >= 0.3 is 11.3 Å². The highest BCUT2D eigenvalue weighted by molar-refractivity contribution is 5.85. The molecule has 15 heterocycles. The molecule has 0 spiro atoms. The number of likely N-dealkylation sites (tertiary alicyclic amines) is 5. The first kappa shape index (κ1) is 73.8. The summed E-state index contributed by atoms with van der Waals surface area (Å²) in [6, 6.07) is -3.35. The van der Waals surface area contributed by atoms with Gasteiger partial charge in [0.1, 0.15) is 35.5 Å². The summed E-state index contributed by atoms with van der Waals surface area (Å²) < 4.78 is 9.73. The Balaban J connectivity index is 0.618. The largest absolute Gasteiger partial charge is 0.382 e. The molecule has 5 aliphatic rings. The van der Waals surface area contributed by atoms with Crippen LogP contribution in [-0.4, -0.2) is 289 Å². The Labute approximate surface area is 627 Å². The van der Waals surface area contributed by atoms with Gasteiger partial charge in [0.15, 0.2) is 71.3 Å². The van der Waals surface area contributed by atoms with Crippen molar-refractivity contribution >= 4 is 120 Å². The topological polar surface area (TPSA) is 609 Å². The van der Waals surface area contributed by atoms with E-state index in [0.717, 1.165) is 6.42 Å². The number of rotatable bonds is 30. The molecule has 44 nitrogen and oxygen atoms in total. The van der Waals surface area contributed by atoms with Crippen LogP contribution >= 0.6 is 0 Å². The molecule has 580 valence electrons. The quantitative estimate of drug-likeness (QED) is 0.0147. The predicted octanol–water partition coefficient (Wildman–Crippen LogP) is -6.47. The molecule has 5 aliphatic heterocycles. The van der Waals surface area contributed by atoms with Crippen molar-refractivity contribution in [1.29, 1.82) is 0 Å². The van der Waals surface area contributed by atoms with Gasteiger partial charge in [-0.25, -0.2) is 54.0 Å². The number of H-pyrrole nitrogens is 2. The third kappa shape index (κ3) is 15.5. The van der Waals surface area contributed by atoms with Crippen LogP contribution in [0.25, 0.3) is 55.8 Å². The standard InChI is InChI=1S/C66H90N38O6/c67-4-2-1-3-45(68)66(110)79-14-39-9-44(104-34-94-55-60(74)84-29-89-65(55)104)19-99(39)24-50(109)78-13-38-8-43(103-33-93-54-59(73)83-28-88-64(54)103)18-98(38)23-49(108)77-12-37-7-42(102-32-92-53-58(72)82-27-87-63(53)102)17-97(37)22-48(107)76-11-36-6-41(101-31-91-52-57(71)81-26-86-62(52)101)16-96(36)21-47(106)75-10-35-5-40(15-95(35)20-46(69)105)100-30-90-51-56(70)80-25-85-61(51)100/h25-45H,1-24,67-68H2,(H17,69,70,71,72,73,74,75,76,77,78,79,80,81,82,83,84,85,86,87,88,89,105,106,107,108,109,110)/p+2/t35-,36-,37-,38-,39-,40-,41-,42-,43-,44-,45+/m1/s1. The lowest BCUT2D eigenvalue weighted by Gasteiger charge is -2.27. The van der Waals surface area contributed by atoms with Gasteiger partial charge in [0.05, 0.1) is 88.0 Å². The predicted molar refractivity (Wildman–Crippen MR) is 396 cm³/mol. The fourth-order valence-corrected chi connectivity index (χ4v) is 16.7. The molecule has 0 saturated carbocycles. The van der Waals surface area contributed by atoms with Crippen LogP contribution in [0.2, 0.25) is 0 Å². The number of nitrogens with zero attached hydrogens (tertiary/aromatic N) is 23. The zero-order chi connectivity index (χ0) is 76.4. The average Bonchev–Trinajstić information content (AvgIpc) is 1.65. The Kier molecular flexibility index (Phi) is 21.4. The third-order valence-electron chi connectivity index (χ3n) is 22.3. The van der Waals surface area contributed by atoms with Crippen LogP contribution < -0.4 is 81.6 Å². The first-order chi connectivity index (χ1) is 53.3. The maximum Gasteiger partial charge on any atom is 0.307 e. The van der Waals surface area contributed by atoms with E-state index in [9.17, 15) is 28.8 Å². The summed E-state index contributed by atoms with van der Waals surface area (Å²) in [5.41, 5.74) is 54.2. The zero-order valence-electron chi connectivity index (χ0n) is 60.4. The molecule has 0 aliphatic carbocycles. The molecule has 110 heavy (non-hydrogen) atoms. The van der Waals surface area contributed by atoms with Crippen LogP contribution in [0.5, 0.6) is 0 Å². The number of primary amides is 1. The third-order valence-corrected chi connectivity index (χ3v) is 22.3. The molecule has 6 amide bonds. The minimum absolute atomic E-state index is 0.0174. The number of nitrogens with two attached hydrogens (primary N) is 8. The number of anilines is 5. The minimum atomic E-state index is -0.719. The molecule has 10 aromatic rings. The zero-order valence-corrected chi connectivity index (χ0v) is 60.4. The van der Waals surface area contributed by atoms with Crippen molar-refractivity contribution in [3.63, 3.8) is 0 Å². The molecular weight excluding hydrogens is 1420 g/mol. The average molecular weight is 1510 g/mol. The number of aromatic amines is 2. The summed E-state index contributed by atoms with van der Waals surface area (Å²) in [7, 11) is 0. The lowest BCUT2D eigenvalue weighted by molar-refractivity contribution is -0.696. The number of hydrogen-bond donors (Lipinski definition) is 15. The van der Waals surface area contributed by atoms with E-state index in [0.29, 0.717) is 146 Å². The summed E-state index contributed by atoms with van der Waals surface area (Å²) in [6.45, 7) is 3.31. The van der Waals surface area contributed by atoms with Gasteiger partial charge in [-0.1, -0.05) is 16.4 Å². The molecule has 0 bridgehead atoms. The molecule has 15 rings (SSSR count). The molecule has 0 aromatic carbocycles. The summed E-state index contributed by atoms with van der Waals surface area (Å²) in [6.07, 6.45) is 20.1. The molecule has 5 fully saturated rings. The maximum absolute atomic E-state index is 14.7. The van der Waals surface area contributed by atoms with Gasteiger partial charge in [0.2, 0.25) is 46.5 Å². The van der Waals surface area contributed by atoms with Gasteiger partial charge in [0, 0.05) is 95.7 Å². The molecule has 0 radical (unpaired) electrons. The Morgan fingerprint density at radius 2 is 0.764 bits per heavy atom. The number of aromatic nitrogens is 20. The van der Waals surface area contributed by atoms with E-state index in [1.54, 1.807) is 31.6 Å². The van der Waals surface area contributed by atoms with Crippen LogP contribution in [0.3, 0.4) is 0 Å². The number of imidazole rings is 5. The molecule has 10 aromatic heterocycles. The highest BCUT2D eigenvalue weighted by atomic mass is 16.2. The van der Waals surface area contributed by atoms with Crippen molar-refractivity contribution in [2.45, 2.75) is 118 Å². The monoisotopic (exact) mass is 1510 g/mol. The van der Waals surface area contributed by atoms with Crippen LogP contribution in [0.1, 0.15) is 81.6 Å². The Morgan fingerprint density at radius 1 is 0.427 bits per heavy atom. The number of amides is 6. The van der Waals surface area contributed by atoms with Crippen LogP contribution in [0.4, 0.5) is 29.1 Å². The van der Waals surface area contributed by atoms with Crippen molar-refractivity contribution in [2.24, 2.45) is 17.2 Å². The van der Waals surface area contributed by atoms with Gasteiger partial charge in [-0.3, -0.25) is 63.2 Å². The second kappa shape index (κ2) is 31.9. The number of nitrogen functional groups attached to an aromatic ring is 5. The van der Waals surface area contributed by atoms with Crippen LogP contribution in [0, 0.1) is 0 Å². The molecule has 5 saturated heterocycles. The van der Waals surface area contributed by atoms with Crippen molar-refractivity contribution < 1.29 is 37.9 Å². The van der Waals surface area contributed by atoms with Crippen LogP contribution in [0.15, 0.2) is 63.3 Å². The van der Waals surface area contributed by atoms with Gasteiger partial charge < -0.3 is 86.2 Å². The van der Waals surface area contributed by atoms with E-state index in [-0.39, 0.29) is 179 Å². The molecular formula is C66H92N38O6+2. The minimum Gasteiger partial charge on any atom is -0.382 e. The highest BCUT2D eigenvalue weighted by Gasteiger charge is 2.43. The van der Waals surface area contributed by atoms with Crippen molar-refractivity contribution in [1.82, 2.24) is 140 Å². The molecule has 11 atom stereocenters. The van der Waals surface area contributed by atoms with E-state index in [1.165, 1.54) is 31.6 Å². The number of fused-ring (bicyclic) bond motifs is 5. The first-order valence-electron chi connectivity index (χ1n) is 36.8. The Morgan fingerprint density at radius 3 is 1.14 bits per heavy atom. The van der Waals surface area contributed by atoms with Gasteiger partial charge in [-0.15, -0.1) is 0 Å². The number of carbonyl (C=O) groups is 6. The van der Waals surface area contributed by atoms with Gasteiger partial charge in [-0.2, -0.15) is 9.97 Å². The van der Waals surface area contributed by atoms with E-state index in [2.05, 4.69) is 101 Å². The van der Waals surface area contributed by atoms with E-state index >= 15 is 0 Å². The fourth-order valence-electron chi connectivity index (χ4n) is 16.7. The van der Waals surface area contributed by atoms with E-state index < -0.39 is 11.9 Å². The number of nitrogens with one attached hydrogen (secondary N) is 7. The summed E-state index contributed by atoms with van der Waals surface area (Å²) in [5, 5.41) is 15.8. The summed E-state index contributed by atoms with van der Waals surface area (Å²) in [5.74, 6) is -0.624. The lowest BCUT2D eigenvalue weighted by Crippen LogP contribution is -2.50. The Bertz CT molecular complexity index is 5040. The van der Waals surface area contributed by atoms with Crippen LogP contribution in [-0.2, 0) is 28.8 Å². The summed E-state index contributed by atoms with van der Waals surface area (Å²) >= 11 is 0. The number of carbonyl (C=O) groups excluding carboxylic acids is 6. The summed E-state index contributed by atoms with van der Waals surface area (Å²) in [4.78, 5) is 157. The normalized spacial score (nSPS) is 23.2. The number of hydrogen-bond acceptors (Lipinski definition) is 31. The van der Waals surface area contributed by atoms with Crippen molar-refractivity contribution in [3.05, 3.63) is 63.3 Å². The number of unbranched alkanes of at least 4 members (excludes halogenated alkanes) is 1. The Hall–Kier alpha value is -11.7.